The predicted octanol–water partition coefficient (Wildman–Crippen LogP) is 4.45. The van der Waals surface area contributed by atoms with Gasteiger partial charge in [-0.2, -0.15) is 0 Å². The Balaban J connectivity index is 1.94. The van der Waals surface area contributed by atoms with E-state index in [-0.39, 0.29) is 0 Å². The molecule has 0 atom stereocenters. The summed E-state index contributed by atoms with van der Waals surface area (Å²) in [6, 6.07) is 17.5. The van der Waals surface area contributed by atoms with Crippen molar-refractivity contribution in [2.75, 3.05) is 17.2 Å². The minimum absolute atomic E-state index is 0.510. The van der Waals surface area contributed by atoms with E-state index < -0.39 is 0 Å². The van der Waals surface area contributed by atoms with Crippen LogP contribution in [-0.4, -0.2) is 11.7 Å². The smallest absolute Gasteiger partial charge is 0.175 e. The van der Waals surface area contributed by atoms with Gasteiger partial charge in [0.15, 0.2) is 5.11 Å². The van der Waals surface area contributed by atoms with Crippen molar-refractivity contribution in [3.8, 4) is 5.75 Å². The van der Waals surface area contributed by atoms with Crippen molar-refractivity contribution in [1.29, 1.82) is 0 Å². The molecule has 0 aliphatic heterocycles. The number of benzene rings is 2. The molecule has 0 saturated heterocycles. The lowest BCUT2D eigenvalue weighted by Crippen LogP contribution is -2.18. The van der Waals surface area contributed by atoms with E-state index in [2.05, 4.69) is 17.2 Å². The Morgan fingerprint density at radius 2 is 1.71 bits per heavy atom. The molecule has 108 valence electrons. The van der Waals surface area contributed by atoms with E-state index in [4.69, 9.17) is 17.0 Å². The van der Waals surface area contributed by atoms with Crippen LogP contribution in [0.3, 0.4) is 0 Å². The molecular formula is C17H18N2OS. The van der Waals surface area contributed by atoms with Crippen molar-refractivity contribution in [3.05, 3.63) is 66.7 Å². The quantitative estimate of drug-likeness (QED) is 0.631. The maximum absolute atomic E-state index is 5.60. The van der Waals surface area contributed by atoms with Gasteiger partial charge < -0.3 is 15.4 Å². The zero-order chi connectivity index (χ0) is 15.1. The van der Waals surface area contributed by atoms with E-state index in [1.54, 1.807) is 0 Å². The largest absolute Gasteiger partial charge is 0.489 e. The van der Waals surface area contributed by atoms with Gasteiger partial charge in [0.25, 0.3) is 0 Å². The molecule has 3 nitrogen and oxygen atoms in total. The fraction of sp³-hybridized carbons (Fsp3) is 0.118. The van der Waals surface area contributed by atoms with Crippen molar-refractivity contribution >= 4 is 28.7 Å². The van der Waals surface area contributed by atoms with Crippen LogP contribution in [0.4, 0.5) is 11.4 Å². The second-order valence-corrected chi connectivity index (χ2v) is 5.13. The third-order valence-corrected chi connectivity index (χ3v) is 2.81. The lowest BCUT2D eigenvalue weighted by atomic mass is 10.3. The van der Waals surface area contributed by atoms with Crippen LogP contribution in [0, 0.1) is 0 Å². The second kappa shape index (κ2) is 7.45. The highest BCUT2D eigenvalue weighted by Crippen LogP contribution is 2.18. The van der Waals surface area contributed by atoms with Gasteiger partial charge in [-0.05, 0) is 49.0 Å². The van der Waals surface area contributed by atoms with Gasteiger partial charge in [0.1, 0.15) is 12.4 Å². The van der Waals surface area contributed by atoms with Gasteiger partial charge in [-0.25, -0.2) is 0 Å². The number of anilines is 2. The van der Waals surface area contributed by atoms with Crippen molar-refractivity contribution in [1.82, 2.24) is 0 Å². The molecule has 0 aliphatic carbocycles. The number of hydrogen-bond donors (Lipinski definition) is 2. The Kier molecular flexibility index (Phi) is 5.35. The molecule has 0 heterocycles. The summed E-state index contributed by atoms with van der Waals surface area (Å²) in [7, 11) is 0. The Morgan fingerprint density at radius 3 is 2.43 bits per heavy atom. The zero-order valence-electron chi connectivity index (χ0n) is 11.9. The Labute approximate surface area is 130 Å². The van der Waals surface area contributed by atoms with Crippen molar-refractivity contribution in [2.24, 2.45) is 0 Å². The van der Waals surface area contributed by atoms with E-state index in [0.717, 1.165) is 22.7 Å². The highest BCUT2D eigenvalue weighted by molar-refractivity contribution is 7.80. The molecular weight excluding hydrogens is 280 g/mol. The molecule has 0 spiro atoms. The monoisotopic (exact) mass is 298 g/mol. The zero-order valence-corrected chi connectivity index (χ0v) is 12.7. The Bertz CT molecular complexity index is 626. The molecule has 0 saturated carbocycles. The molecule has 0 aromatic heterocycles. The van der Waals surface area contributed by atoms with Crippen molar-refractivity contribution in [2.45, 2.75) is 6.92 Å². The van der Waals surface area contributed by atoms with Crippen LogP contribution in [0.15, 0.2) is 66.7 Å². The molecule has 2 rings (SSSR count). The molecule has 0 aliphatic rings. The van der Waals surface area contributed by atoms with Gasteiger partial charge in [0.2, 0.25) is 0 Å². The minimum Gasteiger partial charge on any atom is -0.489 e. The summed E-state index contributed by atoms with van der Waals surface area (Å²) < 4.78 is 5.60. The van der Waals surface area contributed by atoms with Crippen LogP contribution in [0.5, 0.6) is 5.75 Å². The molecule has 0 amide bonds. The maximum atomic E-state index is 5.60. The number of rotatable bonds is 5. The molecule has 0 radical (unpaired) electrons. The number of hydrogen-bond acceptors (Lipinski definition) is 2. The summed E-state index contributed by atoms with van der Waals surface area (Å²) >= 11 is 5.29. The number of ether oxygens (including phenoxy) is 1. The van der Waals surface area contributed by atoms with Gasteiger partial charge in [0, 0.05) is 17.4 Å². The topological polar surface area (TPSA) is 33.3 Å². The van der Waals surface area contributed by atoms with Crippen LogP contribution in [0.1, 0.15) is 6.92 Å². The van der Waals surface area contributed by atoms with Crippen LogP contribution in [-0.2, 0) is 0 Å². The average Bonchev–Trinajstić information content (AvgIpc) is 2.46. The second-order valence-electron chi connectivity index (χ2n) is 4.72. The number of nitrogens with one attached hydrogen (secondary N) is 2. The molecule has 2 N–H and O–H groups in total. The SMILES string of the molecule is C=C(C)COc1cccc(NC(=S)Nc2ccccc2)c1. The van der Waals surface area contributed by atoms with Gasteiger partial charge in [-0.1, -0.05) is 30.8 Å². The van der Waals surface area contributed by atoms with Gasteiger partial charge in [-0.3, -0.25) is 0 Å². The lowest BCUT2D eigenvalue weighted by Gasteiger charge is -2.12. The average molecular weight is 298 g/mol. The van der Waals surface area contributed by atoms with Crippen LogP contribution in [0.2, 0.25) is 0 Å². The van der Waals surface area contributed by atoms with E-state index >= 15 is 0 Å². The first-order chi connectivity index (χ1) is 10.1. The lowest BCUT2D eigenvalue weighted by molar-refractivity contribution is 0.353. The molecule has 0 unspecified atom stereocenters. The molecule has 21 heavy (non-hydrogen) atoms. The molecule has 2 aromatic carbocycles. The standard InChI is InChI=1S/C17H18N2OS/c1-13(2)12-20-16-10-6-9-15(11-16)19-17(21)18-14-7-4-3-5-8-14/h3-11H,1,12H2,2H3,(H2,18,19,21). The van der Waals surface area contributed by atoms with Crippen molar-refractivity contribution < 1.29 is 4.74 Å². The molecule has 0 bridgehead atoms. The molecule has 2 aromatic rings. The highest BCUT2D eigenvalue weighted by atomic mass is 32.1. The summed E-state index contributed by atoms with van der Waals surface area (Å²) in [5, 5.41) is 6.80. The first-order valence-electron chi connectivity index (χ1n) is 6.64. The van der Waals surface area contributed by atoms with E-state index in [9.17, 15) is 0 Å². The van der Waals surface area contributed by atoms with Crippen LogP contribution in [0.25, 0.3) is 0 Å². The van der Waals surface area contributed by atoms with Gasteiger partial charge in [-0.15, -0.1) is 0 Å². The summed E-state index contributed by atoms with van der Waals surface area (Å²) in [6.07, 6.45) is 0. The highest BCUT2D eigenvalue weighted by Gasteiger charge is 2.00. The third-order valence-electron chi connectivity index (χ3n) is 2.61. The minimum atomic E-state index is 0.510. The fourth-order valence-electron chi connectivity index (χ4n) is 1.69. The van der Waals surface area contributed by atoms with Crippen molar-refractivity contribution in [3.63, 3.8) is 0 Å². The van der Waals surface area contributed by atoms with Gasteiger partial charge >= 0.3 is 0 Å². The van der Waals surface area contributed by atoms with Crippen LogP contribution >= 0.6 is 12.2 Å². The predicted molar refractivity (Wildman–Crippen MR) is 93.0 cm³/mol. The Hall–Kier alpha value is -2.33. The van der Waals surface area contributed by atoms with Crippen LogP contribution < -0.4 is 15.4 Å². The summed E-state index contributed by atoms with van der Waals surface area (Å²) in [5.41, 5.74) is 2.81. The fourth-order valence-corrected chi connectivity index (χ4v) is 1.92. The first-order valence-corrected chi connectivity index (χ1v) is 7.04. The maximum Gasteiger partial charge on any atom is 0.175 e. The third kappa shape index (κ3) is 5.28. The molecule has 4 heteroatoms. The summed E-state index contributed by atoms with van der Waals surface area (Å²) in [4.78, 5) is 0. The summed E-state index contributed by atoms with van der Waals surface area (Å²) in [5.74, 6) is 0.783. The molecule has 0 fully saturated rings. The van der Waals surface area contributed by atoms with Gasteiger partial charge in [0.05, 0.1) is 0 Å². The number of para-hydroxylation sites is 1. The summed E-state index contributed by atoms with van der Waals surface area (Å²) in [6.45, 7) is 6.26. The number of thiocarbonyl (C=S) groups is 1. The van der Waals surface area contributed by atoms with E-state index in [1.165, 1.54) is 0 Å². The Morgan fingerprint density at radius 1 is 1.05 bits per heavy atom. The van der Waals surface area contributed by atoms with E-state index in [0.29, 0.717) is 11.7 Å². The first kappa shape index (κ1) is 15.1. The normalized spacial score (nSPS) is 9.76. The van der Waals surface area contributed by atoms with E-state index in [1.807, 2.05) is 61.5 Å².